The van der Waals surface area contributed by atoms with Gasteiger partial charge in [0.05, 0.1) is 18.2 Å². The number of benzene rings is 3. The fourth-order valence-electron chi connectivity index (χ4n) is 4.03. The molecule has 1 saturated heterocycles. The van der Waals surface area contributed by atoms with Crippen molar-refractivity contribution in [3.8, 4) is 6.07 Å². The summed E-state index contributed by atoms with van der Waals surface area (Å²) in [5, 5.41) is 25.3. The lowest BCUT2D eigenvalue weighted by Gasteiger charge is -2.22. The highest BCUT2D eigenvalue weighted by Gasteiger charge is 2.46. The highest BCUT2D eigenvalue weighted by Crippen LogP contribution is 2.25. The number of carbonyl (C=O) groups excluding carboxylic acids is 2. The highest BCUT2D eigenvalue weighted by atomic mass is 19.1. The number of carbonyl (C=O) groups is 2. The number of hydrogen-bond donors (Lipinski definition) is 4. The third kappa shape index (κ3) is 5.90. The number of nitrogens with one attached hydrogen (secondary N) is 4. The van der Waals surface area contributed by atoms with E-state index in [-0.39, 0.29) is 36.9 Å². The summed E-state index contributed by atoms with van der Waals surface area (Å²) < 4.78 is 27.4. The Bertz CT molecular complexity index is 1390. The Morgan fingerprint density at radius 3 is 2.41 bits per heavy atom. The summed E-state index contributed by atoms with van der Waals surface area (Å²) in [6.45, 7) is 1.99. The molecule has 0 unspecified atom stereocenters. The molecule has 0 bridgehead atoms. The summed E-state index contributed by atoms with van der Waals surface area (Å²) in [6.07, 6.45) is -0.0357. The van der Waals surface area contributed by atoms with Crippen LogP contribution in [-0.4, -0.2) is 28.3 Å². The molecule has 10 heteroatoms. The molecule has 1 fully saturated rings. The lowest BCUT2D eigenvalue weighted by Crippen LogP contribution is -2.46. The number of guanidine groups is 1. The predicted molar refractivity (Wildman–Crippen MR) is 133 cm³/mol. The van der Waals surface area contributed by atoms with Gasteiger partial charge in [-0.2, -0.15) is 5.26 Å². The van der Waals surface area contributed by atoms with E-state index in [4.69, 9.17) is 10.7 Å². The zero-order chi connectivity index (χ0) is 26.6. The Morgan fingerprint density at radius 1 is 1.08 bits per heavy atom. The Hall–Kier alpha value is -4.78. The Balaban J connectivity index is 1.32. The second kappa shape index (κ2) is 10.5. The molecule has 3 aromatic rings. The summed E-state index contributed by atoms with van der Waals surface area (Å²) in [7, 11) is 0. The third-order valence-electron chi connectivity index (χ3n) is 6.03. The summed E-state index contributed by atoms with van der Waals surface area (Å²) in [5.41, 5.74) is 1.60. The van der Waals surface area contributed by atoms with Crippen molar-refractivity contribution in [2.24, 2.45) is 0 Å². The van der Waals surface area contributed by atoms with Gasteiger partial charge < -0.3 is 16.0 Å². The molecule has 1 atom stereocenters. The van der Waals surface area contributed by atoms with Crippen molar-refractivity contribution in [3.63, 3.8) is 0 Å². The quantitative estimate of drug-likeness (QED) is 0.390. The van der Waals surface area contributed by atoms with Crippen molar-refractivity contribution in [1.82, 2.24) is 15.5 Å². The predicted octanol–water partition coefficient (Wildman–Crippen LogP) is 4.03. The van der Waals surface area contributed by atoms with Gasteiger partial charge in [-0.1, -0.05) is 30.3 Å². The Kier molecular flexibility index (Phi) is 7.15. The topological polar surface area (TPSA) is 121 Å². The maximum Gasteiger partial charge on any atom is 0.319 e. The molecule has 0 aromatic heterocycles. The van der Waals surface area contributed by atoms with E-state index in [9.17, 15) is 18.4 Å². The lowest BCUT2D eigenvalue weighted by atomic mass is 9.92. The van der Waals surface area contributed by atoms with Crippen LogP contribution in [0.25, 0.3) is 0 Å². The van der Waals surface area contributed by atoms with E-state index in [0.717, 1.165) is 23.3 Å². The molecule has 3 amide bonds. The number of hydrogen-bond acceptors (Lipinski definition) is 4. The van der Waals surface area contributed by atoms with Crippen molar-refractivity contribution in [2.45, 2.75) is 32.0 Å². The minimum atomic E-state index is -1.23. The molecule has 188 valence electrons. The standard InChI is InChI=1S/C27H24F2N6O2/c1-27(13-20-8-9-21(28)12-23(20)29)24(36)35(25(31)34-27)16-19-4-2-18(3-5-19)15-32-26(37)33-22-10-6-17(14-30)7-11-22/h2-12H,13,15-16H2,1H3,(H2,31,34)(H2,32,33,37)/t27-/m1/s1. The summed E-state index contributed by atoms with van der Waals surface area (Å²) in [6, 6.07) is 18.5. The Labute approximate surface area is 212 Å². The first-order valence-corrected chi connectivity index (χ1v) is 11.4. The van der Waals surface area contributed by atoms with Crippen molar-refractivity contribution in [2.75, 3.05) is 5.32 Å². The van der Waals surface area contributed by atoms with E-state index in [1.54, 1.807) is 43.3 Å². The SMILES string of the molecule is C[C@]1(Cc2ccc(F)cc2F)NC(=N)N(Cc2ccc(CNC(=O)Nc3ccc(C#N)cc3)cc2)C1=O. The summed E-state index contributed by atoms with van der Waals surface area (Å²) in [4.78, 5) is 26.5. The Morgan fingerprint density at radius 2 is 1.76 bits per heavy atom. The number of nitriles is 1. The van der Waals surface area contributed by atoms with Crippen LogP contribution in [0.1, 0.15) is 29.2 Å². The smallest absolute Gasteiger partial charge is 0.319 e. The van der Waals surface area contributed by atoms with Gasteiger partial charge >= 0.3 is 6.03 Å². The van der Waals surface area contributed by atoms with Gasteiger partial charge in [-0.25, -0.2) is 13.6 Å². The normalized spacial score (nSPS) is 16.8. The molecule has 1 heterocycles. The van der Waals surface area contributed by atoms with Crippen LogP contribution in [0.5, 0.6) is 0 Å². The minimum Gasteiger partial charge on any atom is -0.342 e. The minimum absolute atomic E-state index is 0.0357. The molecule has 1 aliphatic rings. The van der Waals surface area contributed by atoms with Gasteiger partial charge in [0.2, 0.25) is 0 Å². The largest absolute Gasteiger partial charge is 0.342 e. The maximum atomic E-state index is 14.1. The van der Waals surface area contributed by atoms with Crippen molar-refractivity contribution < 1.29 is 18.4 Å². The molecule has 4 N–H and O–H groups in total. The fourth-order valence-corrected chi connectivity index (χ4v) is 4.03. The van der Waals surface area contributed by atoms with Gasteiger partial charge in [-0.05, 0) is 53.9 Å². The molecule has 4 rings (SSSR count). The van der Waals surface area contributed by atoms with Gasteiger partial charge in [-0.15, -0.1) is 0 Å². The monoisotopic (exact) mass is 502 g/mol. The van der Waals surface area contributed by atoms with Crippen LogP contribution in [-0.2, 0) is 24.3 Å². The summed E-state index contributed by atoms with van der Waals surface area (Å²) >= 11 is 0. The highest BCUT2D eigenvalue weighted by molar-refractivity contribution is 6.07. The van der Waals surface area contributed by atoms with Crippen LogP contribution < -0.4 is 16.0 Å². The van der Waals surface area contributed by atoms with Crippen molar-refractivity contribution in [3.05, 3.63) is 101 Å². The molecule has 37 heavy (non-hydrogen) atoms. The third-order valence-corrected chi connectivity index (χ3v) is 6.03. The number of urea groups is 1. The van der Waals surface area contributed by atoms with Crippen LogP contribution >= 0.6 is 0 Å². The van der Waals surface area contributed by atoms with Crippen LogP contribution in [0.3, 0.4) is 0 Å². The molecule has 8 nitrogen and oxygen atoms in total. The van der Waals surface area contributed by atoms with Crippen LogP contribution in [0.15, 0.2) is 66.7 Å². The average molecular weight is 503 g/mol. The molecule has 0 spiro atoms. The molecule has 0 saturated carbocycles. The van der Waals surface area contributed by atoms with Gasteiger partial charge in [0, 0.05) is 24.7 Å². The summed E-state index contributed by atoms with van der Waals surface area (Å²) in [5.74, 6) is -1.92. The van der Waals surface area contributed by atoms with E-state index < -0.39 is 23.2 Å². The fraction of sp³-hybridized carbons (Fsp3) is 0.185. The first-order chi connectivity index (χ1) is 17.7. The van der Waals surface area contributed by atoms with E-state index in [1.807, 2.05) is 18.2 Å². The average Bonchev–Trinajstić information content (AvgIpc) is 3.08. The van der Waals surface area contributed by atoms with Crippen LogP contribution in [0, 0.1) is 28.4 Å². The van der Waals surface area contributed by atoms with Gasteiger partial charge in [-0.3, -0.25) is 15.1 Å². The zero-order valence-corrected chi connectivity index (χ0v) is 19.9. The molecular weight excluding hydrogens is 478 g/mol. The van der Waals surface area contributed by atoms with Crippen molar-refractivity contribution in [1.29, 1.82) is 10.7 Å². The zero-order valence-electron chi connectivity index (χ0n) is 19.9. The molecule has 3 aromatic carbocycles. The number of halogens is 2. The molecule has 1 aliphatic heterocycles. The van der Waals surface area contributed by atoms with Crippen LogP contribution in [0.2, 0.25) is 0 Å². The first-order valence-electron chi connectivity index (χ1n) is 11.4. The number of rotatable bonds is 7. The lowest BCUT2D eigenvalue weighted by molar-refractivity contribution is -0.130. The van der Waals surface area contributed by atoms with E-state index in [0.29, 0.717) is 11.3 Å². The second-order valence-electron chi connectivity index (χ2n) is 8.92. The molecule has 0 radical (unpaired) electrons. The van der Waals surface area contributed by atoms with Gasteiger partial charge in [0.1, 0.15) is 17.2 Å². The maximum absolute atomic E-state index is 14.1. The number of anilines is 1. The molecule has 0 aliphatic carbocycles. The van der Waals surface area contributed by atoms with Crippen molar-refractivity contribution >= 4 is 23.6 Å². The second-order valence-corrected chi connectivity index (χ2v) is 8.92. The van der Waals surface area contributed by atoms with Crippen LogP contribution in [0.4, 0.5) is 19.3 Å². The number of amides is 3. The van der Waals surface area contributed by atoms with Gasteiger partial charge in [0.25, 0.3) is 5.91 Å². The molecular formula is C27H24F2N6O2. The van der Waals surface area contributed by atoms with E-state index in [2.05, 4.69) is 16.0 Å². The first kappa shape index (κ1) is 25.3. The van der Waals surface area contributed by atoms with E-state index >= 15 is 0 Å². The van der Waals surface area contributed by atoms with E-state index in [1.165, 1.54) is 11.0 Å². The van der Waals surface area contributed by atoms with Gasteiger partial charge in [0.15, 0.2) is 5.96 Å². The number of nitrogens with zero attached hydrogens (tertiary/aromatic N) is 2.